The Balaban J connectivity index is 0.000000155. The van der Waals surface area contributed by atoms with Gasteiger partial charge in [-0.1, -0.05) is 141 Å². The Bertz CT molecular complexity index is 1730. The van der Waals surface area contributed by atoms with Crippen LogP contribution in [0.3, 0.4) is 0 Å². The SMILES string of the molecule is C/C=C/OC.C1=CC2C3C=CC(C3)C2C1.C1=CC2CCC1C2.C1=CC2CCC1O2.C1=CCCCCCC1.CO/C=C/C1CCCCC1.CO/C=C/CCc1ccccc1.COCC1C2C=CC(C2)C1COC. The van der Waals surface area contributed by atoms with Gasteiger partial charge in [0.2, 0.25) is 0 Å². The molecule has 11 aliphatic rings. The minimum absolute atomic E-state index is 0.491. The summed E-state index contributed by atoms with van der Waals surface area (Å²) in [5.74, 6) is 9.50. The van der Waals surface area contributed by atoms with E-state index in [1.165, 1.54) is 128 Å². The van der Waals surface area contributed by atoms with Gasteiger partial charge in [-0.3, -0.25) is 0 Å². The van der Waals surface area contributed by atoms with E-state index in [9.17, 15) is 0 Å². The summed E-state index contributed by atoms with van der Waals surface area (Å²) in [6.45, 7) is 3.68. The normalized spacial score (nSPS) is 31.8. The molecule has 2 aliphatic heterocycles. The zero-order valence-corrected chi connectivity index (χ0v) is 46.0. The zero-order valence-electron chi connectivity index (χ0n) is 46.0. The lowest BCUT2D eigenvalue weighted by molar-refractivity contribution is 0.0647. The lowest BCUT2D eigenvalue weighted by Crippen LogP contribution is -2.27. The van der Waals surface area contributed by atoms with Crippen LogP contribution in [0.5, 0.6) is 0 Å². The molecule has 1 aromatic rings. The molecule has 400 valence electrons. The molecule has 72 heavy (non-hydrogen) atoms. The van der Waals surface area contributed by atoms with Crippen molar-refractivity contribution in [2.75, 3.05) is 48.8 Å². The molecule has 12 rings (SSSR count). The van der Waals surface area contributed by atoms with Gasteiger partial charge in [-0.15, -0.1) is 0 Å². The molecule has 0 spiro atoms. The third kappa shape index (κ3) is 21.6. The Labute approximate surface area is 440 Å². The molecule has 12 atom stereocenters. The summed E-state index contributed by atoms with van der Waals surface area (Å²) in [4.78, 5) is 0. The molecule has 9 aliphatic carbocycles. The summed E-state index contributed by atoms with van der Waals surface area (Å²) in [6.07, 6.45) is 68.8. The average molecular weight is 990 g/mol. The van der Waals surface area contributed by atoms with Crippen LogP contribution in [0.25, 0.3) is 0 Å². The highest BCUT2D eigenvalue weighted by Crippen LogP contribution is 2.52. The highest BCUT2D eigenvalue weighted by atomic mass is 16.5. The Morgan fingerprint density at radius 1 is 0.528 bits per heavy atom. The van der Waals surface area contributed by atoms with Gasteiger partial charge in [-0.2, -0.15) is 0 Å². The van der Waals surface area contributed by atoms with E-state index in [0.717, 1.165) is 79.3 Å². The first-order valence-corrected chi connectivity index (χ1v) is 28.7. The van der Waals surface area contributed by atoms with Gasteiger partial charge >= 0.3 is 0 Å². The van der Waals surface area contributed by atoms with Crippen LogP contribution in [0.4, 0.5) is 0 Å². The molecule has 12 unspecified atom stereocenters. The van der Waals surface area contributed by atoms with Crippen molar-refractivity contribution < 1.29 is 28.4 Å². The van der Waals surface area contributed by atoms with Crippen molar-refractivity contribution in [3.63, 3.8) is 0 Å². The van der Waals surface area contributed by atoms with Gasteiger partial charge in [0.1, 0.15) is 0 Å². The number of rotatable bonds is 11. The molecule has 0 amide bonds. The van der Waals surface area contributed by atoms with Crippen LogP contribution in [0, 0.1) is 65.1 Å². The summed E-state index contributed by atoms with van der Waals surface area (Å²) in [6, 6.07) is 10.4. The van der Waals surface area contributed by atoms with Gasteiger partial charge in [0, 0.05) is 27.4 Å². The molecular formula is C66H100O6. The minimum atomic E-state index is 0.491. The van der Waals surface area contributed by atoms with Gasteiger partial charge in [0.25, 0.3) is 0 Å². The number of benzene rings is 1. The molecule has 6 heteroatoms. The van der Waals surface area contributed by atoms with E-state index in [0.29, 0.717) is 24.0 Å². The molecule has 0 radical (unpaired) electrons. The van der Waals surface area contributed by atoms with Crippen LogP contribution in [0.15, 0.2) is 140 Å². The van der Waals surface area contributed by atoms with Crippen LogP contribution in [0.2, 0.25) is 0 Å². The monoisotopic (exact) mass is 989 g/mol. The Morgan fingerprint density at radius 3 is 1.57 bits per heavy atom. The van der Waals surface area contributed by atoms with Gasteiger partial charge < -0.3 is 28.4 Å². The molecular weight excluding hydrogens is 889 g/mol. The van der Waals surface area contributed by atoms with Gasteiger partial charge in [-0.25, -0.2) is 0 Å². The van der Waals surface area contributed by atoms with E-state index in [1.807, 2.05) is 31.4 Å². The van der Waals surface area contributed by atoms with E-state index in [4.69, 9.17) is 23.7 Å². The first-order valence-electron chi connectivity index (χ1n) is 28.7. The fourth-order valence-electron chi connectivity index (χ4n) is 12.6. The van der Waals surface area contributed by atoms with Crippen LogP contribution >= 0.6 is 0 Å². The van der Waals surface area contributed by atoms with Gasteiger partial charge in [0.05, 0.1) is 52.3 Å². The lowest BCUT2D eigenvalue weighted by Gasteiger charge is -2.26. The average Bonchev–Trinajstić information content (AvgIpc) is 4.27. The van der Waals surface area contributed by atoms with Gasteiger partial charge in [-0.05, 0) is 192 Å². The van der Waals surface area contributed by atoms with Crippen molar-refractivity contribution in [1.29, 1.82) is 0 Å². The maximum absolute atomic E-state index is 5.36. The van der Waals surface area contributed by atoms with Crippen molar-refractivity contribution in [3.8, 4) is 0 Å². The third-order valence-corrected chi connectivity index (χ3v) is 16.5. The first kappa shape index (κ1) is 59.0. The van der Waals surface area contributed by atoms with E-state index >= 15 is 0 Å². The van der Waals surface area contributed by atoms with Crippen molar-refractivity contribution in [3.05, 3.63) is 146 Å². The fourth-order valence-corrected chi connectivity index (χ4v) is 12.6. The van der Waals surface area contributed by atoms with E-state index < -0.39 is 0 Å². The number of fused-ring (bicyclic) bond motifs is 11. The van der Waals surface area contributed by atoms with E-state index in [-0.39, 0.29) is 0 Å². The summed E-state index contributed by atoms with van der Waals surface area (Å²) in [5, 5.41) is 0. The quantitative estimate of drug-likeness (QED) is 0.163. The maximum Gasteiger partial charge on any atom is 0.0787 e. The van der Waals surface area contributed by atoms with E-state index in [1.54, 1.807) is 48.1 Å². The van der Waals surface area contributed by atoms with Crippen molar-refractivity contribution in [2.24, 2.45) is 65.1 Å². The summed E-state index contributed by atoms with van der Waals surface area (Å²) in [7, 11) is 8.58. The Kier molecular flexibility index (Phi) is 29.7. The minimum Gasteiger partial charge on any atom is -0.505 e. The number of aryl methyl sites for hydroxylation is 1. The Morgan fingerprint density at radius 2 is 1.10 bits per heavy atom. The lowest BCUT2D eigenvalue weighted by atomic mass is 9.84. The number of ether oxygens (including phenoxy) is 6. The molecule has 5 fully saturated rings. The topological polar surface area (TPSA) is 55.4 Å². The number of allylic oxidation sites excluding steroid dienone is 13. The highest BCUT2D eigenvalue weighted by Gasteiger charge is 2.45. The summed E-state index contributed by atoms with van der Waals surface area (Å²) < 4.78 is 30.1. The van der Waals surface area contributed by atoms with Crippen molar-refractivity contribution in [2.45, 2.75) is 154 Å². The predicted molar refractivity (Wildman–Crippen MR) is 302 cm³/mol. The van der Waals surface area contributed by atoms with Crippen LogP contribution in [0.1, 0.15) is 141 Å². The second-order valence-electron chi connectivity index (χ2n) is 21.7. The second-order valence-corrected chi connectivity index (χ2v) is 21.7. The van der Waals surface area contributed by atoms with E-state index in [2.05, 4.69) is 108 Å². The van der Waals surface area contributed by atoms with Crippen LogP contribution in [-0.2, 0) is 34.8 Å². The van der Waals surface area contributed by atoms with Crippen molar-refractivity contribution >= 4 is 0 Å². The first-order chi connectivity index (χ1) is 35.5. The Hall–Kier alpha value is -3.84. The molecule has 1 aromatic carbocycles. The zero-order chi connectivity index (χ0) is 50.9. The molecule has 8 bridgehead atoms. The van der Waals surface area contributed by atoms with Gasteiger partial charge in [0.15, 0.2) is 0 Å². The summed E-state index contributed by atoms with van der Waals surface area (Å²) >= 11 is 0. The molecule has 0 aromatic heterocycles. The maximum atomic E-state index is 5.36. The smallest absolute Gasteiger partial charge is 0.0787 e. The molecule has 2 heterocycles. The highest BCUT2D eigenvalue weighted by molar-refractivity contribution is 5.22. The van der Waals surface area contributed by atoms with Crippen LogP contribution in [-0.4, -0.2) is 61.0 Å². The second kappa shape index (κ2) is 36.2. The van der Waals surface area contributed by atoms with Crippen LogP contribution < -0.4 is 0 Å². The number of hydrogen-bond acceptors (Lipinski definition) is 6. The van der Waals surface area contributed by atoms with Crippen molar-refractivity contribution in [1.82, 2.24) is 0 Å². The molecule has 0 N–H and O–H groups in total. The molecule has 4 saturated carbocycles. The summed E-state index contributed by atoms with van der Waals surface area (Å²) in [5.41, 5.74) is 1.37. The number of hydrogen-bond donors (Lipinski definition) is 0. The third-order valence-electron chi connectivity index (χ3n) is 16.5. The predicted octanol–water partition coefficient (Wildman–Crippen LogP) is 16.7. The fraction of sp³-hybridized carbons (Fsp3) is 0.636. The standard InChI is InChI=1S/C11H18O2.C11H14O.C10H12.C9H16O.C8H14.C7H10.C6H8O.C4H8O/c1-12-6-10-8-3-4-9(5-8)11(10)7-13-2;1-12-10-6-5-9-11-7-3-2-4-8-11;1-2-9-7-4-5-8(6-7)10(9)3-1;1-10-8-7-9-5-3-2-4-6-9;1-2-4-6-8-7-5-3-1;1-2-7-4-3-6(1)5-7;1-2-6-4-3-5(1)7-6;1-3-4-5-2/h3-4,8-11H,5-7H2,1-2H3;2-4,6-8,10H,5,9H2,1H3;1-2,4-5,7-10H,3,6H2;7-9H,2-6H2,1H3;1-2H,3-8H2;1-2,6-7H,3-5H2;1-2,5-6H,3-4H2;3-4H,1-2H3/b;10-6+;;8-7+;;;;4-3+. The largest absolute Gasteiger partial charge is 0.505 e. The number of methoxy groups -OCH3 is 5. The molecule has 1 saturated heterocycles. The molecule has 6 nitrogen and oxygen atoms in total.